The lowest BCUT2D eigenvalue weighted by atomic mass is 10.3. The normalized spacial score (nSPS) is 13.0. The fourth-order valence-corrected chi connectivity index (χ4v) is 0.555. The van der Waals surface area contributed by atoms with E-state index in [1.54, 1.807) is 26.8 Å². The molecule has 0 aliphatic heterocycles. The van der Waals surface area contributed by atoms with Gasteiger partial charge in [0.25, 0.3) is 0 Å². The third kappa shape index (κ3) is 4.93. The van der Waals surface area contributed by atoms with Crippen molar-refractivity contribution in [3.63, 3.8) is 0 Å². The van der Waals surface area contributed by atoms with Gasteiger partial charge in [-0.3, -0.25) is 0 Å². The number of isocyanates is 1. The molecule has 0 radical (unpaired) electrons. The molecule has 13 heavy (non-hydrogen) atoms. The molecule has 72 valence electrons. The highest BCUT2D eigenvalue weighted by Gasteiger charge is 2.06. The van der Waals surface area contributed by atoms with Crippen LogP contribution < -0.4 is 0 Å². The lowest BCUT2D eigenvalue weighted by Crippen LogP contribution is -2.14. The minimum absolute atomic E-state index is 0.110. The largest absolute Gasteiger partial charge is 0.460 e. The molecule has 0 heterocycles. The molecule has 0 aliphatic carbocycles. The average molecular weight is 183 g/mol. The van der Waals surface area contributed by atoms with E-state index in [1.807, 2.05) is 0 Å². The number of esters is 1. The van der Waals surface area contributed by atoms with E-state index < -0.39 is 0 Å². The number of allylic oxidation sites excluding steroid dienone is 1. The summed E-state index contributed by atoms with van der Waals surface area (Å²) < 4.78 is 4.83. The number of hydrogen-bond donors (Lipinski definition) is 0. The van der Waals surface area contributed by atoms with E-state index in [0.717, 1.165) is 0 Å². The summed E-state index contributed by atoms with van der Waals surface area (Å²) >= 11 is 0. The van der Waals surface area contributed by atoms with Crippen molar-refractivity contribution in [2.24, 2.45) is 4.99 Å². The number of carbonyl (C=O) groups excluding carboxylic acids is 2. The molecule has 0 amide bonds. The Bertz CT molecular complexity index is 252. The molecular formula is C9H13NO3. The summed E-state index contributed by atoms with van der Waals surface area (Å²) in [5.41, 5.74) is 0.544. The number of hydrogen-bond acceptors (Lipinski definition) is 4. The van der Waals surface area contributed by atoms with Gasteiger partial charge in [-0.1, -0.05) is 6.08 Å². The lowest BCUT2D eigenvalue weighted by Gasteiger charge is -2.05. The van der Waals surface area contributed by atoms with Crippen LogP contribution in [-0.4, -0.2) is 24.7 Å². The molecular weight excluding hydrogens is 170 g/mol. The maximum Gasteiger partial charge on any atom is 0.333 e. The zero-order valence-corrected chi connectivity index (χ0v) is 8.03. The standard InChI is InChI=1S/C9H13NO3/c1-4-7(2)9(12)13-5-8(3)10-6-11/h4,8H,5H2,1-3H3/b7-4+. The smallest absolute Gasteiger partial charge is 0.333 e. The minimum Gasteiger partial charge on any atom is -0.460 e. The first kappa shape index (κ1) is 11.6. The van der Waals surface area contributed by atoms with E-state index in [9.17, 15) is 9.59 Å². The Kier molecular flexibility index (Phi) is 5.48. The lowest BCUT2D eigenvalue weighted by molar-refractivity contribution is -0.139. The van der Waals surface area contributed by atoms with E-state index in [0.29, 0.717) is 5.57 Å². The van der Waals surface area contributed by atoms with Gasteiger partial charge in [-0.15, -0.1) is 0 Å². The molecule has 0 N–H and O–H groups in total. The zero-order valence-electron chi connectivity index (χ0n) is 8.03. The van der Waals surface area contributed by atoms with Gasteiger partial charge in [0.05, 0.1) is 6.04 Å². The Morgan fingerprint density at radius 3 is 2.77 bits per heavy atom. The van der Waals surface area contributed by atoms with E-state index in [4.69, 9.17) is 4.74 Å². The second-order valence-electron chi connectivity index (χ2n) is 2.64. The van der Waals surface area contributed by atoms with Crippen molar-refractivity contribution >= 4 is 12.0 Å². The van der Waals surface area contributed by atoms with Crippen molar-refractivity contribution < 1.29 is 14.3 Å². The van der Waals surface area contributed by atoms with E-state index in [1.165, 1.54) is 6.08 Å². The van der Waals surface area contributed by atoms with Crippen molar-refractivity contribution in [1.82, 2.24) is 0 Å². The number of ether oxygens (including phenoxy) is 1. The number of rotatable bonds is 4. The molecule has 0 aromatic carbocycles. The summed E-state index contributed by atoms with van der Waals surface area (Å²) in [7, 11) is 0. The SMILES string of the molecule is C/C=C(\C)C(=O)OCC(C)N=C=O. The molecule has 1 atom stereocenters. The maximum atomic E-state index is 11.1. The number of carbonyl (C=O) groups is 1. The Morgan fingerprint density at radius 2 is 2.31 bits per heavy atom. The number of nitrogens with zero attached hydrogens (tertiary/aromatic N) is 1. The molecule has 0 aromatic rings. The highest BCUT2D eigenvalue weighted by atomic mass is 16.5. The van der Waals surface area contributed by atoms with Gasteiger partial charge in [0.1, 0.15) is 6.61 Å². The van der Waals surface area contributed by atoms with Crippen LogP contribution in [0.25, 0.3) is 0 Å². The van der Waals surface area contributed by atoms with Crippen LogP contribution in [0.5, 0.6) is 0 Å². The molecule has 0 spiro atoms. The quantitative estimate of drug-likeness (QED) is 0.285. The highest BCUT2D eigenvalue weighted by Crippen LogP contribution is 1.98. The van der Waals surface area contributed by atoms with Gasteiger partial charge in [0.15, 0.2) is 0 Å². The fraction of sp³-hybridized carbons (Fsp3) is 0.556. The van der Waals surface area contributed by atoms with Crippen LogP contribution in [0.15, 0.2) is 16.6 Å². The molecule has 0 saturated heterocycles. The van der Waals surface area contributed by atoms with Crippen molar-refractivity contribution in [2.75, 3.05) is 6.61 Å². The summed E-state index contributed by atoms with van der Waals surface area (Å²) in [6.45, 7) is 5.20. The summed E-state index contributed by atoms with van der Waals surface area (Å²) in [4.78, 5) is 24.2. The third-order valence-corrected chi connectivity index (χ3v) is 1.48. The number of aliphatic imine (C=N–C) groups is 1. The predicted molar refractivity (Wildman–Crippen MR) is 48.0 cm³/mol. The van der Waals surface area contributed by atoms with Gasteiger partial charge >= 0.3 is 5.97 Å². The Labute approximate surface area is 77.3 Å². The van der Waals surface area contributed by atoms with Crippen molar-refractivity contribution in [2.45, 2.75) is 26.8 Å². The van der Waals surface area contributed by atoms with Gasteiger partial charge in [-0.05, 0) is 20.8 Å². The second kappa shape index (κ2) is 6.14. The first-order valence-electron chi connectivity index (χ1n) is 3.98. The summed E-state index contributed by atoms with van der Waals surface area (Å²) in [6.07, 6.45) is 3.07. The van der Waals surface area contributed by atoms with Crippen LogP contribution in [0.1, 0.15) is 20.8 Å². The fourth-order valence-electron chi connectivity index (χ4n) is 0.555. The third-order valence-electron chi connectivity index (χ3n) is 1.48. The van der Waals surface area contributed by atoms with Gasteiger partial charge < -0.3 is 4.74 Å². The van der Waals surface area contributed by atoms with Crippen molar-refractivity contribution in [1.29, 1.82) is 0 Å². The van der Waals surface area contributed by atoms with Crippen LogP contribution >= 0.6 is 0 Å². The predicted octanol–water partition coefficient (Wildman–Crippen LogP) is 1.22. The van der Waals surface area contributed by atoms with Crippen LogP contribution in [0, 0.1) is 0 Å². The molecule has 4 nitrogen and oxygen atoms in total. The molecule has 0 saturated carbocycles. The molecule has 0 aliphatic rings. The van der Waals surface area contributed by atoms with Crippen LogP contribution in [0.2, 0.25) is 0 Å². The topological polar surface area (TPSA) is 55.7 Å². The summed E-state index contributed by atoms with van der Waals surface area (Å²) in [6, 6.07) is -0.328. The molecule has 0 bridgehead atoms. The van der Waals surface area contributed by atoms with Crippen LogP contribution in [0.4, 0.5) is 0 Å². The Hall–Kier alpha value is -1.41. The van der Waals surface area contributed by atoms with E-state index in [-0.39, 0.29) is 18.6 Å². The van der Waals surface area contributed by atoms with E-state index in [2.05, 4.69) is 4.99 Å². The second-order valence-corrected chi connectivity index (χ2v) is 2.64. The average Bonchev–Trinajstić information content (AvgIpc) is 2.13. The van der Waals surface area contributed by atoms with Gasteiger partial charge in [0, 0.05) is 5.57 Å². The monoisotopic (exact) mass is 183 g/mol. The highest BCUT2D eigenvalue weighted by molar-refractivity contribution is 5.87. The Morgan fingerprint density at radius 1 is 1.69 bits per heavy atom. The molecule has 0 aromatic heterocycles. The van der Waals surface area contributed by atoms with Crippen molar-refractivity contribution in [3.05, 3.63) is 11.6 Å². The summed E-state index contributed by atoms with van der Waals surface area (Å²) in [5.74, 6) is -0.379. The molecule has 4 heteroatoms. The van der Waals surface area contributed by atoms with E-state index >= 15 is 0 Å². The van der Waals surface area contributed by atoms with Crippen LogP contribution in [-0.2, 0) is 14.3 Å². The first-order valence-corrected chi connectivity index (χ1v) is 3.98. The van der Waals surface area contributed by atoms with Gasteiger partial charge in [-0.2, -0.15) is 4.99 Å². The minimum atomic E-state index is -0.379. The summed E-state index contributed by atoms with van der Waals surface area (Å²) in [5, 5.41) is 0. The zero-order chi connectivity index (χ0) is 10.3. The maximum absolute atomic E-state index is 11.1. The molecule has 0 fully saturated rings. The van der Waals surface area contributed by atoms with Gasteiger partial charge in [0.2, 0.25) is 6.08 Å². The first-order chi connectivity index (χ1) is 6.11. The van der Waals surface area contributed by atoms with Gasteiger partial charge in [-0.25, -0.2) is 9.59 Å². The van der Waals surface area contributed by atoms with Crippen molar-refractivity contribution in [3.8, 4) is 0 Å². The molecule has 1 unspecified atom stereocenters. The van der Waals surface area contributed by atoms with Crippen LogP contribution in [0.3, 0.4) is 0 Å². The Balaban J connectivity index is 3.90. The molecule has 0 rings (SSSR count).